The third-order valence-electron chi connectivity index (χ3n) is 9.45. The highest BCUT2D eigenvalue weighted by molar-refractivity contribution is 5.97. The zero-order valence-electron chi connectivity index (χ0n) is 20.7. The molecule has 0 saturated heterocycles. The van der Waals surface area contributed by atoms with Gasteiger partial charge in [-0.3, -0.25) is 4.79 Å². The second-order valence-electron chi connectivity index (χ2n) is 11.1. The van der Waals surface area contributed by atoms with Crippen molar-refractivity contribution in [1.29, 1.82) is 0 Å². The van der Waals surface area contributed by atoms with Gasteiger partial charge in [-0.2, -0.15) is 18.3 Å². The van der Waals surface area contributed by atoms with Crippen LogP contribution in [0.25, 0.3) is 0 Å². The highest BCUT2D eigenvalue weighted by Crippen LogP contribution is 2.64. The molecule has 4 aliphatic rings. The molecule has 4 aliphatic carbocycles. The van der Waals surface area contributed by atoms with Crippen molar-refractivity contribution in [3.8, 4) is 0 Å². The van der Waals surface area contributed by atoms with Crippen molar-refractivity contribution in [2.45, 2.75) is 71.4 Å². The molecule has 3 fully saturated rings. The maximum absolute atomic E-state index is 13.4. The van der Waals surface area contributed by atoms with E-state index in [1.165, 1.54) is 5.57 Å². The smallest absolute Gasteiger partial charge is 0.434 e. The second kappa shape index (κ2) is 8.66. The molecule has 1 aromatic heterocycles. The van der Waals surface area contributed by atoms with E-state index in [1.807, 2.05) is 0 Å². The molecule has 0 amide bonds. The number of alkyl halides is 3. The molecule has 3 saturated carbocycles. The minimum absolute atomic E-state index is 0.0526. The Hall–Kier alpha value is -2.78. The molecule has 1 heterocycles. The van der Waals surface area contributed by atoms with Crippen LogP contribution in [0.15, 0.2) is 22.9 Å². The van der Waals surface area contributed by atoms with Gasteiger partial charge in [0.15, 0.2) is 5.69 Å². The van der Waals surface area contributed by atoms with Gasteiger partial charge < -0.3 is 4.74 Å². The molecule has 0 aromatic carbocycles. The number of methoxy groups -OCH3 is 1. The van der Waals surface area contributed by atoms with Crippen LogP contribution in [0.3, 0.4) is 0 Å². The number of ether oxygens (including phenoxy) is 1. The number of ketones is 1. The van der Waals surface area contributed by atoms with Gasteiger partial charge in [-0.05, 0) is 74.2 Å². The third-order valence-corrected chi connectivity index (χ3v) is 9.45. The van der Waals surface area contributed by atoms with Gasteiger partial charge in [0.1, 0.15) is 11.3 Å². The molecule has 5 atom stereocenters. The number of fused-ring (bicyclic) bond motifs is 5. The predicted molar refractivity (Wildman–Crippen MR) is 126 cm³/mol. The molecule has 5 unspecified atom stereocenters. The zero-order chi connectivity index (χ0) is 25.9. The largest absolute Gasteiger partial charge is 0.465 e. The van der Waals surface area contributed by atoms with Crippen molar-refractivity contribution in [3.63, 3.8) is 0 Å². The standard InChI is InChI=1S/C26H31F3N4O3/c1-24-10-8-15(32-33-23-30-13-17(22(35)36-3)21(31-23)26(27,28)29)12-14(24)4-5-16-18-6-7-20(34)25(18,2)11-9-19(16)24/h12-13,16,18-19H,4-11H2,1-3H3,(H,30,31,33)/b32-15-. The fraction of sp³-hybridized carbons (Fsp3) is 0.654. The molecule has 0 bridgehead atoms. The summed E-state index contributed by atoms with van der Waals surface area (Å²) in [5.74, 6) is 0.535. The van der Waals surface area contributed by atoms with E-state index in [0.29, 0.717) is 36.4 Å². The van der Waals surface area contributed by atoms with Crippen LogP contribution in [0.2, 0.25) is 0 Å². The summed E-state index contributed by atoms with van der Waals surface area (Å²) < 4.78 is 44.7. The average molecular weight is 505 g/mol. The number of anilines is 1. The number of rotatable bonds is 3. The molecule has 0 radical (unpaired) electrons. The third kappa shape index (κ3) is 3.93. The Bertz CT molecular complexity index is 1160. The first-order valence-corrected chi connectivity index (χ1v) is 12.6. The van der Waals surface area contributed by atoms with E-state index in [-0.39, 0.29) is 16.8 Å². The summed E-state index contributed by atoms with van der Waals surface area (Å²) in [5.41, 5.74) is 2.41. The number of carbonyl (C=O) groups excluding carboxylic acids is 2. The molecule has 0 aliphatic heterocycles. The van der Waals surface area contributed by atoms with Gasteiger partial charge >= 0.3 is 12.1 Å². The van der Waals surface area contributed by atoms with Crippen molar-refractivity contribution in [2.75, 3.05) is 12.5 Å². The summed E-state index contributed by atoms with van der Waals surface area (Å²) in [5, 5.41) is 4.31. The lowest BCUT2D eigenvalue weighted by atomic mass is 9.47. The fourth-order valence-electron chi connectivity index (χ4n) is 7.46. The minimum atomic E-state index is -4.84. The second-order valence-corrected chi connectivity index (χ2v) is 11.1. The van der Waals surface area contributed by atoms with E-state index in [4.69, 9.17) is 0 Å². The number of halogens is 3. The number of nitrogens with zero attached hydrogens (tertiary/aromatic N) is 3. The van der Waals surface area contributed by atoms with Crippen LogP contribution < -0.4 is 5.43 Å². The maximum Gasteiger partial charge on any atom is 0.434 e. The van der Waals surface area contributed by atoms with E-state index in [9.17, 15) is 22.8 Å². The Morgan fingerprint density at radius 1 is 1.11 bits per heavy atom. The van der Waals surface area contributed by atoms with Gasteiger partial charge in [0.2, 0.25) is 5.95 Å². The number of hydrazone groups is 1. The Morgan fingerprint density at radius 3 is 2.58 bits per heavy atom. The number of hydrogen-bond acceptors (Lipinski definition) is 7. The van der Waals surface area contributed by atoms with E-state index in [1.54, 1.807) is 0 Å². The number of nitrogens with one attached hydrogen (secondary N) is 1. The molecular formula is C26H31F3N4O3. The topological polar surface area (TPSA) is 93.5 Å². The lowest BCUT2D eigenvalue weighted by molar-refractivity contribution is -0.141. The predicted octanol–water partition coefficient (Wildman–Crippen LogP) is 5.58. The van der Waals surface area contributed by atoms with Crippen LogP contribution in [0.1, 0.15) is 81.3 Å². The summed E-state index contributed by atoms with van der Waals surface area (Å²) in [6.07, 6.45) is 5.38. The molecule has 1 N–H and O–H groups in total. The Morgan fingerprint density at radius 2 is 1.86 bits per heavy atom. The van der Waals surface area contributed by atoms with E-state index in [2.05, 4.69) is 45.2 Å². The Kier molecular flexibility index (Phi) is 5.99. The maximum atomic E-state index is 13.4. The average Bonchev–Trinajstić information content (AvgIpc) is 3.15. The van der Waals surface area contributed by atoms with Gasteiger partial charge in [0, 0.05) is 18.0 Å². The van der Waals surface area contributed by atoms with Gasteiger partial charge in [-0.1, -0.05) is 19.4 Å². The first kappa shape index (κ1) is 24.9. The summed E-state index contributed by atoms with van der Waals surface area (Å²) in [4.78, 5) is 31.6. The summed E-state index contributed by atoms with van der Waals surface area (Å²) in [7, 11) is 0.998. The lowest BCUT2D eigenvalue weighted by Crippen LogP contribution is -2.50. The first-order valence-electron chi connectivity index (χ1n) is 12.6. The Balaban J connectivity index is 1.35. The normalized spacial score (nSPS) is 34.9. The molecule has 0 spiro atoms. The molecule has 36 heavy (non-hydrogen) atoms. The van der Waals surface area contributed by atoms with Gasteiger partial charge in [-0.25, -0.2) is 20.2 Å². The highest BCUT2D eigenvalue weighted by Gasteiger charge is 2.58. The van der Waals surface area contributed by atoms with Gasteiger partial charge in [0.25, 0.3) is 0 Å². The van der Waals surface area contributed by atoms with Crippen LogP contribution in [-0.4, -0.2) is 34.5 Å². The van der Waals surface area contributed by atoms with E-state index in [0.717, 1.165) is 57.5 Å². The number of Topliss-reactive ketones (excluding diaryl/α,β-unsaturated/α-hetero) is 1. The number of aromatic nitrogens is 2. The number of allylic oxidation sites excluding steroid dienone is 2. The van der Waals surface area contributed by atoms with Crippen LogP contribution in [0, 0.1) is 28.6 Å². The summed E-state index contributed by atoms with van der Waals surface area (Å²) in [6, 6.07) is 0. The molecule has 5 rings (SSSR count). The van der Waals surface area contributed by atoms with Crippen LogP contribution >= 0.6 is 0 Å². The fourth-order valence-corrected chi connectivity index (χ4v) is 7.46. The van der Waals surface area contributed by atoms with Gasteiger partial charge in [0.05, 0.1) is 12.8 Å². The van der Waals surface area contributed by atoms with Crippen LogP contribution in [0.4, 0.5) is 19.1 Å². The lowest BCUT2D eigenvalue weighted by Gasteiger charge is -2.57. The van der Waals surface area contributed by atoms with Crippen molar-refractivity contribution in [2.24, 2.45) is 33.7 Å². The van der Waals surface area contributed by atoms with Gasteiger partial charge in [-0.15, -0.1) is 0 Å². The first-order chi connectivity index (χ1) is 17.0. The zero-order valence-corrected chi connectivity index (χ0v) is 20.7. The highest BCUT2D eigenvalue weighted by atomic mass is 19.4. The monoisotopic (exact) mass is 504 g/mol. The number of hydrogen-bond donors (Lipinski definition) is 1. The molecule has 1 aromatic rings. The quantitative estimate of drug-likeness (QED) is 0.427. The number of carbonyl (C=O) groups is 2. The summed E-state index contributed by atoms with van der Waals surface area (Å²) in [6.45, 7) is 4.52. The van der Waals surface area contributed by atoms with Crippen molar-refractivity contribution in [3.05, 3.63) is 29.1 Å². The minimum Gasteiger partial charge on any atom is -0.465 e. The van der Waals surface area contributed by atoms with E-state index >= 15 is 0 Å². The van der Waals surface area contributed by atoms with Crippen molar-refractivity contribution >= 4 is 23.4 Å². The number of esters is 1. The van der Waals surface area contributed by atoms with Crippen molar-refractivity contribution < 1.29 is 27.5 Å². The van der Waals surface area contributed by atoms with E-state index < -0.39 is 23.4 Å². The SMILES string of the molecule is COC(=O)c1cnc(N/N=C2\C=C3CCC4C5CCC(=O)C5(C)CCC4C3(C)CC2)nc1C(F)(F)F. The van der Waals surface area contributed by atoms with Crippen LogP contribution in [-0.2, 0) is 15.7 Å². The Labute approximate surface area is 208 Å². The molecule has 10 heteroatoms. The summed E-state index contributed by atoms with van der Waals surface area (Å²) >= 11 is 0. The van der Waals surface area contributed by atoms with Crippen molar-refractivity contribution in [1.82, 2.24) is 9.97 Å². The molecule has 194 valence electrons. The molecule has 7 nitrogen and oxygen atoms in total. The molecular weight excluding hydrogens is 473 g/mol. The van der Waals surface area contributed by atoms with Crippen LogP contribution in [0.5, 0.6) is 0 Å².